The Kier molecular flexibility index (Phi) is 7.61. The lowest BCUT2D eigenvalue weighted by Crippen LogP contribution is -2.39. The number of hydrogen-bond acceptors (Lipinski definition) is 7. The number of nitrogens with zero attached hydrogens (tertiary/aromatic N) is 4. The number of thiophene rings is 1. The first-order valence-electron chi connectivity index (χ1n) is 14.7. The minimum absolute atomic E-state index is 0.102. The number of carbonyl (C=O) groups is 2. The Morgan fingerprint density at radius 3 is 2.55 bits per heavy atom. The number of fused-ring (bicyclic) bond motifs is 2. The van der Waals surface area contributed by atoms with Gasteiger partial charge in [-0.05, 0) is 43.4 Å². The maximum absolute atomic E-state index is 14.2. The molecule has 0 unspecified atom stereocenters. The number of ether oxygens (including phenoxy) is 1. The maximum atomic E-state index is 14.2. The monoisotopic (exact) mass is 622 g/mol. The summed E-state index contributed by atoms with van der Waals surface area (Å²) in [5, 5.41) is 2.90. The summed E-state index contributed by atoms with van der Waals surface area (Å²) in [6, 6.07) is 20.6. The van der Waals surface area contributed by atoms with Crippen molar-refractivity contribution in [1.29, 1.82) is 0 Å². The molecule has 1 saturated heterocycles. The Morgan fingerprint density at radius 1 is 1.02 bits per heavy atom. The largest absolute Gasteiger partial charge is 0.463 e. The number of hydrogen-bond donors (Lipinski definition) is 0. The van der Waals surface area contributed by atoms with E-state index >= 15 is 0 Å². The smallest absolute Gasteiger partial charge is 0.338 e. The lowest BCUT2D eigenvalue weighted by atomic mass is 9.97. The summed E-state index contributed by atoms with van der Waals surface area (Å²) in [7, 11) is 0. The van der Waals surface area contributed by atoms with E-state index in [0.29, 0.717) is 20.6 Å². The molecule has 1 atom stereocenters. The lowest BCUT2D eigenvalue weighted by molar-refractivity contribution is -0.139. The number of likely N-dealkylation sites (tertiary alicyclic amines) is 1. The zero-order chi connectivity index (χ0) is 30.2. The third kappa shape index (κ3) is 5.03. The molecular weight excluding hydrogens is 593 g/mol. The van der Waals surface area contributed by atoms with Crippen molar-refractivity contribution in [2.75, 3.05) is 19.7 Å². The minimum atomic E-state index is -0.679. The highest BCUT2D eigenvalue weighted by Crippen LogP contribution is 2.37. The van der Waals surface area contributed by atoms with Gasteiger partial charge in [0.1, 0.15) is 12.6 Å². The fourth-order valence-electron chi connectivity index (χ4n) is 6.03. The molecule has 5 aromatic rings. The summed E-state index contributed by atoms with van der Waals surface area (Å²) in [5.41, 5.74) is 3.18. The highest BCUT2D eigenvalue weighted by molar-refractivity contribution is 7.10. The van der Waals surface area contributed by atoms with Gasteiger partial charge in [-0.2, -0.15) is 0 Å². The predicted molar refractivity (Wildman–Crippen MR) is 173 cm³/mol. The van der Waals surface area contributed by atoms with Crippen molar-refractivity contribution in [2.45, 2.75) is 32.4 Å². The molecule has 3 aromatic heterocycles. The van der Waals surface area contributed by atoms with E-state index in [1.807, 2.05) is 93.8 Å². The second-order valence-corrected chi connectivity index (χ2v) is 12.8. The standard InChI is InChI=1S/C34H30N4O4S2/c1-2-42-33(41)29-30(22-11-4-3-5-12-22)35-34-38(31(29)26-15-10-18-43-26)32(40)27(44-34)19-23-20-37(25-14-7-6-13-24(23)25)21-28(39)36-16-8-9-17-36/h3-7,10-15,18-20,31H,2,8-9,16-17,21H2,1H3/b27-19+/t31-/m1/s1. The quantitative estimate of drug-likeness (QED) is 0.249. The predicted octanol–water partition coefficient (Wildman–Crippen LogP) is 4.57. The van der Waals surface area contributed by atoms with Crippen LogP contribution in [0.2, 0.25) is 0 Å². The normalized spacial score (nSPS) is 16.8. The first-order valence-corrected chi connectivity index (χ1v) is 16.4. The lowest BCUT2D eigenvalue weighted by Gasteiger charge is -2.24. The van der Waals surface area contributed by atoms with Gasteiger partial charge in [-0.1, -0.05) is 65.9 Å². The molecule has 2 aliphatic heterocycles. The molecule has 7 rings (SSSR count). The van der Waals surface area contributed by atoms with Crippen LogP contribution in [0.3, 0.4) is 0 Å². The summed E-state index contributed by atoms with van der Waals surface area (Å²) in [5.74, 6) is -0.390. The van der Waals surface area contributed by atoms with E-state index in [4.69, 9.17) is 9.73 Å². The van der Waals surface area contributed by atoms with Crippen molar-refractivity contribution >= 4 is 57.2 Å². The zero-order valence-corrected chi connectivity index (χ0v) is 25.8. The first kappa shape index (κ1) is 28.2. The summed E-state index contributed by atoms with van der Waals surface area (Å²) >= 11 is 2.78. The van der Waals surface area contributed by atoms with Crippen LogP contribution < -0.4 is 14.9 Å². The third-order valence-electron chi connectivity index (χ3n) is 8.06. The van der Waals surface area contributed by atoms with Crippen molar-refractivity contribution < 1.29 is 14.3 Å². The second-order valence-electron chi connectivity index (χ2n) is 10.8. The van der Waals surface area contributed by atoms with Crippen LogP contribution in [0.25, 0.3) is 22.7 Å². The molecule has 222 valence electrons. The van der Waals surface area contributed by atoms with E-state index in [0.717, 1.165) is 52.8 Å². The molecule has 44 heavy (non-hydrogen) atoms. The van der Waals surface area contributed by atoms with Crippen LogP contribution in [0.1, 0.15) is 41.8 Å². The molecule has 0 aliphatic carbocycles. The SMILES string of the molecule is CCOC(=O)C1=C(c2ccccc2)N=c2s/c(=C/c3cn(CC(=O)N4CCCC4)c4ccccc34)c(=O)n2[C@@H]1c1cccs1. The highest BCUT2D eigenvalue weighted by Gasteiger charge is 2.35. The van der Waals surface area contributed by atoms with E-state index in [9.17, 15) is 14.4 Å². The van der Waals surface area contributed by atoms with Crippen molar-refractivity contribution in [3.63, 3.8) is 0 Å². The van der Waals surface area contributed by atoms with E-state index in [2.05, 4.69) is 0 Å². The fraction of sp³-hybridized carbons (Fsp3) is 0.235. The summed E-state index contributed by atoms with van der Waals surface area (Å²) in [4.78, 5) is 49.0. The average molecular weight is 623 g/mol. The van der Waals surface area contributed by atoms with Gasteiger partial charge < -0.3 is 14.2 Å². The molecule has 10 heteroatoms. The van der Waals surface area contributed by atoms with Gasteiger partial charge in [-0.25, -0.2) is 9.79 Å². The van der Waals surface area contributed by atoms with Gasteiger partial charge in [-0.3, -0.25) is 14.2 Å². The highest BCUT2D eigenvalue weighted by atomic mass is 32.1. The summed E-state index contributed by atoms with van der Waals surface area (Å²) in [6.45, 7) is 3.82. The van der Waals surface area contributed by atoms with E-state index in [1.54, 1.807) is 11.5 Å². The van der Waals surface area contributed by atoms with Crippen LogP contribution >= 0.6 is 22.7 Å². The summed E-state index contributed by atoms with van der Waals surface area (Å²) < 4.78 is 9.62. The van der Waals surface area contributed by atoms with Crippen LogP contribution in [-0.2, 0) is 20.9 Å². The Morgan fingerprint density at radius 2 is 1.80 bits per heavy atom. The van der Waals surface area contributed by atoms with Gasteiger partial charge in [0.05, 0.1) is 22.4 Å². The third-order valence-corrected chi connectivity index (χ3v) is 9.96. The van der Waals surface area contributed by atoms with E-state index in [-0.39, 0.29) is 24.6 Å². The number of rotatable bonds is 7. The molecule has 1 fully saturated rings. The Balaban J connectivity index is 1.40. The van der Waals surface area contributed by atoms with Crippen LogP contribution in [0, 0.1) is 0 Å². The molecule has 1 amide bonds. The van der Waals surface area contributed by atoms with E-state index in [1.165, 1.54) is 22.7 Å². The van der Waals surface area contributed by atoms with Gasteiger partial charge in [0.15, 0.2) is 4.80 Å². The number of benzene rings is 2. The van der Waals surface area contributed by atoms with Gasteiger partial charge in [0.2, 0.25) is 5.91 Å². The Labute approximate surface area is 261 Å². The number of carbonyl (C=O) groups excluding carboxylic acids is 2. The molecule has 5 heterocycles. The van der Waals surface area contributed by atoms with Gasteiger partial charge in [-0.15, -0.1) is 11.3 Å². The molecule has 0 bridgehead atoms. The molecule has 8 nitrogen and oxygen atoms in total. The summed E-state index contributed by atoms with van der Waals surface area (Å²) in [6.07, 6.45) is 5.92. The van der Waals surface area contributed by atoms with Crippen molar-refractivity contribution in [1.82, 2.24) is 14.0 Å². The van der Waals surface area contributed by atoms with Gasteiger partial charge >= 0.3 is 5.97 Å². The topological polar surface area (TPSA) is 85.9 Å². The molecule has 2 aliphatic rings. The maximum Gasteiger partial charge on any atom is 0.338 e. The zero-order valence-electron chi connectivity index (χ0n) is 24.1. The van der Waals surface area contributed by atoms with Crippen molar-refractivity contribution in [3.8, 4) is 0 Å². The van der Waals surface area contributed by atoms with Crippen LogP contribution in [0.15, 0.2) is 93.7 Å². The fourth-order valence-corrected chi connectivity index (χ4v) is 7.85. The second kappa shape index (κ2) is 11.9. The van der Waals surface area contributed by atoms with E-state index < -0.39 is 12.0 Å². The van der Waals surface area contributed by atoms with Crippen molar-refractivity contribution in [3.05, 3.63) is 120 Å². The van der Waals surface area contributed by atoms with Gasteiger partial charge in [0, 0.05) is 46.2 Å². The van der Waals surface area contributed by atoms with Crippen LogP contribution in [0.5, 0.6) is 0 Å². The number of amides is 1. The molecular formula is C34H30N4O4S2. The van der Waals surface area contributed by atoms with Gasteiger partial charge in [0.25, 0.3) is 5.56 Å². The van der Waals surface area contributed by atoms with Crippen LogP contribution in [-0.4, -0.2) is 45.6 Å². The minimum Gasteiger partial charge on any atom is -0.463 e. The Hall–Kier alpha value is -4.54. The number of aromatic nitrogens is 2. The Bertz CT molecular complexity index is 2080. The number of para-hydroxylation sites is 1. The molecule has 0 spiro atoms. The molecule has 0 N–H and O–H groups in total. The number of thiazole rings is 1. The molecule has 0 saturated carbocycles. The molecule has 0 radical (unpaired) electrons. The average Bonchev–Trinajstić information content (AvgIpc) is 3.86. The van der Waals surface area contributed by atoms with Crippen LogP contribution in [0.4, 0.5) is 0 Å². The number of esters is 1. The molecule has 2 aromatic carbocycles. The first-order chi connectivity index (χ1) is 21.5. The van der Waals surface area contributed by atoms with Crippen molar-refractivity contribution in [2.24, 2.45) is 4.99 Å².